The van der Waals surface area contributed by atoms with E-state index in [0.29, 0.717) is 0 Å². The topological polar surface area (TPSA) is 144 Å². The van der Waals surface area contributed by atoms with E-state index in [2.05, 4.69) is 15.0 Å². The van der Waals surface area contributed by atoms with Gasteiger partial charge < -0.3 is 19.7 Å². The van der Waals surface area contributed by atoms with Crippen LogP contribution in [0.1, 0.15) is 6.23 Å². The number of rotatable bonds is 1. The molecule has 3 saturated heterocycles. The Kier molecular flexibility index (Phi) is 2.69. The van der Waals surface area contributed by atoms with Crippen LogP contribution in [0, 0.1) is 0 Å². The number of aromatic amines is 1. The monoisotopic (exact) mass is 355 g/mol. The standard InChI is InChI=1S/C12H14N5O6P/c1-24(19)21-3-12-2-20-6(7(12)23-24)10(22-12)17-4-14-5-8(17)15-11(13)16-9(5)18/h4,6-7,10H,2-3H2,1H3,(H3,13,15,16,18)/t6-,7+,10-,12-,24?/m1/s1. The minimum atomic E-state index is -3.14. The maximum atomic E-state index is 12.1. The fourth-order valence-corrected chi connectivity index (χ4v) is 4.71. The third-order valence-corrected chi connectivity index (χ3v) is 5.75. The van der Waals surface area contributed by atoms with Gasteiger partial charge >= 0.3 is 7.60 Å². The highest BCUT2D eigenvalue weighted by Gasteiger charge is 2.67. The SMILES string of the molecule is CP1(=O)OC[C@@]23CO[C@@H]([C@H](n4cnc5c(=O)[nH]c(N)nc54)O2)[C@@H]3O1. The van der Waals surface area contributed by atoms with E-state index < -0.39 is 37.2 Å². The molecule has 0 saturated carbocycles. The van der Waals surface area contributed by atoms with Crippen molar-refractivity contribution in [1.29, 1.82) is 0 Å². The predicted molar refractivity (Wildman–Crippen MR) is 79.5 cm³/mol. The Balaban J connectivity index is 1.60. The quantitative estimate of drug-likeness (QED) is 0.653. The number of nitrogen functional groups attached to an aromatic ring is 1. The lowest BCUT2D eigenvalue weighted by Crippen LogP contribution is -2.48. The van der Waals surface area contributed by atoms with Crippen LogP contribution in [0.2, 0.25) is 0 Å². The van der Waals surface area contributed by atoms with Crippen molar-refractivity contribution in [3.8, 4) is 0 Å². The Hall–Kier alpha value is -1.78. The molecule has 1 unspecified atom stereocenters. The lowest BCUT2D eigenvalue weighted by Gasteiger charge is -2.36. The first-order chi connectivity index (χ1) is 11.4. The summed E-state index contributed by atoms with van der Waals surface area (Å²) >= 11 is 0. The van der Waals surface area contributed by atoms with Crippen molar-refractivity contribution < 1.29 is 23.1 Å². The zero-order chi connectivity index (χ0) is 16.7. The number of H-pyrrole nitrogens is 1. The molecule has 2 aromatic rings. The molecule has 5 atom stereocenters. The Labute approximate surface area is 134 Å². The largest absolute Gasteiger partial charge is 0.369 e. The molecule has 3 fully saturated rings. The first kappa shape index (κ1) is 14.6. The van der Waals surface area contributed by atoms with Crippen LogP contribution < -0.4 is 11.3 Å². The summed E-state index contributed by atoms with van der Waals surface area (Å²) in [7, 11) is -3.14. The van der Waals surface area contributed by atoms with Crippen molar-refractivity contribution in [2.45, 2.75) is 24.0 Å². The van der Waals surface area contributed by atoms with Crippen LogP contribution in [0.15, 0.2) is 11.1 Å². The third kappa shape index (κ3) is 1.81. The normalized spacial score (nSPS) is 41.0. The summed E-state index contributed by atoms with van der Waals surface area (Å²) in [6, 6.07) is 0. The van der Waals surface area contributed by atoms with Crippen molar-refractivity contribution in [1.82, 2.24) is 19.5 Å². The van der Waals surface area contributed by atoms with Crippen LogP contribution in [-0.4, -0.2) is 57.2 Å². The molecule has 3 N–H and O–H groups in total. The number of fused-ring (bicyclic) bond motifs is 1. The van der Waals surface area contributed by atoms with Crippen LogP contribution >= 0.6 is 7.60 Å². The van der Waals surface area contributed by atoms with Crippen molar-refractivity contribution in [2.24, 2.45) is 0 Å². The molecule has 24 heavy (non-hydrogen) atoms. The highest BCUT2D eigenvalue weighted by molar-refractivity contribution is 7.53. The van der Waals surface area contributed by atoms with Gasteiger partial charge in [-0.25, -0.2) is 4.98 Å². The number of nitrogens with zero attached hydrogens (tertiary/aromatic N) is 3. The second-order valence-electron chi connectivity index (χ2n) is 6.19. The summed E-state index contributed by atoms with van der Waals surface area (Å²) in [6.45, 7) is 1.81. The smallest absolute Gasteiger partial charge is 0.328 e. The summed E-state index contributed by atoms with van der Waals surface area (Å²) in [6.07, 6.45) is -0.231. The van der Waals surface area contributed by atoms with Crippen molar-refractivity contribution in [2.75, 3.05) is 25.6 Å². The minimum Gasteiger partial charge on any atom is -0.369 e. The Morgan fingerprint density at radius 1 is 1.50 bits per heavy atom. The third-order valence-electron chi connectivity index (χ3n) is 4.55. The first-order valence-corrected chi connectivity index (χ1v) is 9.30. The van der Waals surface area contributed by atoms with E-state index in [4.69, 9.17) is 24.3 Å². The van der Waals surface area contributed by atoms with Crippen LogP contribution in [-0.2, 0) is 23.1 Å². The lowest BCUT2D eigenvalue weighted by atomic mass is 10.0. The molecule has 128 valence electrons. The molecule has 5 heterocycles. The van der Waals surface area contributed by atoms with Gasteiger partial charge in [0.1, 0.15) is 17.8 Å². The summed E-state index contributed by atoms with van der Waals surface area (Å²) < 4.78 is 36.5. The van der Waals surface area contributed by atoms with E-state index >= 15 is 0 Å². The molecule has 12 heteroatoms. The van der Waals surface area contributed by atoms with Crippen molar-refractivity contribution >= 4 is 24.7 Å². The van der Waals surface area contributed by atoms with Gasteiger partial charge in [-0.05, 0) is 0 Å². The zero-order valence-corrected chi connectivity index (χ0v) is 13.4. The molecule has 0 spiro atoms. The number of nitrogens with one attached hydrogen (secondary N) is 1. The fourth-order valence-electron chi connectivity index (χ4n) is 3.47. The minimum absolute atomic E-state index is 0.0217. The maximum absolute atomic E-state index is 12.1. The summed E-state index contributed by atoms with van der Waals surface area (Å²) in [5.41, 5.74) is 4.78. The molecule has 2 bridgehead atoms. The molecule has 11 nitrogen and oxygen atoms in total. The summed E-state index contributed by atoms with van der Waals surface area (Å²) in [4.78, 5) is 22.5. The van der Waals surface area contributed by atoms with Gasteiger partial charge in [0.05, 0.1) is 19.5 Å². The molecule has 3 aliphatic heterocycles. The van der Waals surface area contributed by atoms with Gasteiger partial charge in [0.15, 0.2) is 17.4 Å². The first-order valence-electron chi connectivity index (χ1n) is 7.31. The van der Waals surface area contributed by atoms with Gasteiger partial charge in [-0.2, -0.15) is 4.98 Å². The Bertz CT molecular complexity index is 957. The molecule has 5 rings (SSSR count). The molecular weight excluding hydrogens is 341 g/mol. The van der Waals surface area contributed by atoms with Gasteiger partial charge in [-0.1, -0.05) is 0 Å². The molecule has 0 amide bonds. The second kappa shape index (κ2) is 4.44. The number of ether oxygens (including phenoxy) is 2. The van der Waals surface area contributed by atoms with Crippen molar-refractivity contribution in [3.05, 3.63) is 16.7 Å². The van der Waals surface area contributed by atoms with E-state index in [0.717, 1.165) is 0 Å². The highest BCUT2D eigenvalue weighted by atomic mass is 31.2. The Morgan fingerprint density at radius 2 is 2.33 bits per heavy atom. The van der Waals surface area contributed by atoms with Gasteiger partial charge in [0.2, 0.25) is 5.95 Å². The molecule has 0 aliphatic carbocycles. The number of imidazole rings is 1. The number of hydrogen-bond donors (Lipinski definition) is 2. The fraction of sp³-hybridized carbons (Fsp3) is 0.583. The molecule has 3 aliphatic rings. The summed E-state index contributed by atoms with van der Waals surface area (Å²) in [5, 5.41) is 0. The average molecular weight is 355 g/mol. The van der Waals surface area contributed by atoms with Gasteiger partial charge in [-0.3, -0.25) is 23.4 Å². The maximum Gasteiger partial charge on any atom is 0.328 e. The van der Waals surface area contributed by atoms with Crippen molar-refractivity contribution in [3.63, 3.8) is 0 Å². The number of anilines is 1. The molecule has 0 aromatic carbocycles. The van der Waals surface area contributed by atoms with E-state index in [1.807, 2.05) is 0 Å². The van der Waals surface area contributed by atoms with Gasteiger partial charge in [0.25, 0.3) is 5.56 Å². The van der Waals surface area contributed by atoms with Crippen LogP contribution in [0.4, 0.5) is 5.95 Å². The number of hydrogen-bond acceptors (Lipinski definition) is 9. The molecule has 0 radical (unpaired) electrons. The highest BCUT2D eigenvalue weighted by Crippen LogP contribution is 2.59. The van der Waals surface area contributed by atoms with E-state index in [-0.39, 0.29) is 30.3 Å². The van der Waals surface area contributed by atoms with E-state index in [1.165, 1.54) is 13.0 Å². The van der Waals surface area contributed by atoms with Crippen LogP contribution in [0.5, 0.6) is 0 Å². The average Bonchev–Trinajstić information content (AvgIpc) is 3.16. The van der Waals surface area contributed by atoms with Gasteiger partial charge in [-0.15, -0.1) is 0 Å². The lowest BCUT2D eigenvalue weighted by molar-refractivity contribution is -0.187. The zero-order valence-electron chi connectivity index (χ0n) is 12.5. The van der Waals surface area contributed by atoms with Crippen LogP contribution in [0.3, 0.4) is 0 Å². The second-order valence-corrected chi connectivity index (χ2v) is 8.21. The number of aromatic nitrogens is 4. The summed E-state index contributed by atoms with van der Waals surface area (Å²) in [5.74, 6) is -0.0217. The predicted octanol–water partition coefficient (Wildman–Crippen LogP) is -0.393. The van der Waals surface area contributed by atoms with E-state index in [1.54, 1.807) is 4.57 Å². The molecule has 2 aromatic heterocycles. The van der Waals surface area contributed by atoms with Crippen LogP contribution in [0.25, 0.3) is 11.2 Å². The van der Waals surface area contributed by atoms with Gasteiger partial charge in [0, 0.05) is 6.66 Å². The van der Waals surface area contributed by atoms with E-state index in [9.17, 15) is 9.36 Å². The Morgan fingerprint density at radius 3 is 3.17 bits per heavy atom. The molecular formula is C12H14N5O6P. The number of nitrogens with two attached hydrogens (primary N) is 1.